The quantitative estimate of drug-likeness (QED) is 0.228. The molecule has 2 aromatic rings. The first kappa shape index (κ1) is 31.5. The molecule has 0 aromatic heterocycles. The van der Waals surface area contributed by atoms with Gasteiger partial charge in [0.15, 0.2) is 11.9 Å². The van der Waals surface area contributed by atoms with E-state index in [-0.39, 0.29) is 56.3 Å². The van der Waals surface area contributed by atoms with Crippen LogP contribution in [0.4, 0.5) is 18.0 Å². The number of ether oxygens (including phenoxy) is 3. The Kier molecular flexibility index (Phi) is 13.0. The summed E-state index contributed by atoms with van der Waals surface area (Å²) in [7, 11) is 0. The van der Waals surface area contributed by atoms with E-state index in [1.165, 1.54) is 23.1 Å². The highest BCUT2D eigenvalue weighted by molar-refractivity contribution is 6.35. The lowest BCUT2D eigenvalue weighted by Crippen LogP contribution is -2.37. The van der Waals surface area contributed by atoms with Gasteiger partial charge in [-0.15, -0.1) is 0 Å². The minimum Gasteiger partial charge on any atom is -0.492 e. The molecule has 0 saturated carbocycles. The average Bonchev–Trinajstić information content (AvgIpc) is 2.84. The number of unbranched alkanes of at least 4 members (excludes halogenated alkanes) is 2. The van der Waals surface area contributed by atoms with Crippen LogP contribution < -0.4 is 9.47 Å². The van der Waals surface area contributed by atoms with Crippen LogP contribution >= 0.6 is 23.2 Å². The van der Waals surface area contributed by atoms with Gasteiger partial charge in [-0.1, -0.05) is 41.8 Å². The number of alkyl halides is 3. The summed E-state index contributed by atoms with van der Waals surface area (Å²) < 4.78 is 53.5. The van der Waals surface area contributed by atoms with Gasteiger partial charge in [0.1, 0.15) is 12.4 Å². The lowest BCUT2D eigenvalue weighted by atomic mass is 10.1. The van der Waals surface area contributed by atoms with Crippen LogP contribution in [0.1, 0.15) is 38.2 Å². The van der Waals surface area contributed by atoms with Crippen molar-refractivity contribution in [2.75, 3.05) is 26.3 Å². The van der Waals surface area contributed by atoms with Gasteiger partial charge < -0.3 is 24.2 Å². The van der Waals surface area contributed by atoms with Crippen molar-refractivity contribution in [1.29, 1.82) is 0 Å². The van der Waals surface area contributed by atoms with Gasteiger partial charge in [0.2, 0.25) is 0 Å². The number of benzene rings is 2. The molecule has 38 heavy (non-hydrogen) atoms. The highest BCUT2D eigenvalue weighted by atomic mass is 35.5. The van der Waals surface area contributed by atoms with Crippen LogP contribution in [-0.4, -0.2) is 60.7 Å². The predicted molar refractivity (Wildman–Crippen MR) is 137 cm³/mol. The number of carbonyl (C=O) groups excluding carboxylic acids is 1. The summed E-state index contributed by atoms with van der Waals surface area (Å²) >= 11 is 11.9. The Bertz CT molecular complexity index is 1040. The molecule has 0 bridgehead atoms. The van der Waals surface area contributed by atoms with E-state index in [1.807, 2.05) is 0 Å². The van der Waals surface area contributed by atoms with Gasteiger partial charge >= 0.3 is 18.2 Å². The fraction of sp³-hybridized carbons (Fsp3) is 0.462. The van der Waals surface area contributed by atoms with Crippen LogP contribution in [-0.2, 0) is 16.0 Å². The van der Waals surface area contributed by atoms with E-state index in [4.69, 9.17) is 37.4 Å². The molecule has 1 amide bonds. The molecule has 1 atom stereocenters. The molecule has 0 saturated heterocycles. The minimum atomic E-state index is -4.22. The molecule has 210 valence electrons. The summed E-state index contributed by atoms with van der Waals surface area (Å²) in [4.78, 5) is 25.4. The summed E-state index contributed by atoms with van der Waals surface area (Å²) in [6.07, 6.45) is -5.98. The number of carboxylic acids is 1. The van der Waals surface area contributed by atoms with E-state index in [0.717, 1.165) is 5.56 Å². The first-order valence-corrected chi connectivity index (χ1v) is 12.8. The molecule has 0 heterocycles. The molecule has 2 rings (SSSR count). The molecule has 0 fully saturated rings. The normalized spacial score (nSPS) is 12.2. The van der Waals surface area contributed by atoms with E-state index < -0.39 is 30.8 Å². The molecular formula is C26H30Cl2F3NO6. The van der Waals surface area contributed by atoms with Crippen LogP contribution in [0.5, 0.6) is 11.5 Å². The summed E-state index contributed by atoms with van der Waals surface area (Å²) in [5.41, 5.74) is 0.752. The Morgan fingerprint density at radius 2 is 1.74 bits per heavy atom. The Morgan fingerprint density at radius 3 is 2.34 bits per heavy atom. The molecule has 0 spiro atoms. The summed E-state index contributed by atoms with van der Waals surface area (Å²) in [5, 5.41) is 9.73. The van der Waals surface area contributed by atoms with Crippen molar-refractivity contribution in [2.24, 2.45) is 0 Å². The smallest absolute Gasteiger partial charge is 0.415 e. The molecule has 0 aliphatic carbocycles. The molecule has 0 aliphatic rings. The zero-order chi connectivity index (χ0) is 28.1. The third-order valence-electron chi connectivity index (χ3n) is 5.36. The number of carboxylic acid groups (broad SMARTS) is 1. The topological polar surface area (TPSA) is 85.3 Å². The number of hydrogen-bond donors (Lipinski definition) is 1. The van der Waals surface area contributed by atoms with Crippen molar-refractivity contribution in [3.63, 3.8) is 0 Å². The van der Waals surface area contributed by atoms with Gasteiger partial charge in [-0.3, -0.25) is 0 Å². The summed E-state index contributed by atoms with van der Waals surface area (Å²) in [6, 6.07) is 11.2. The third kappa shape index (κ3) is 11.8. The van der Waals surface area contributed by atoms with Crippen molar-refractivity contribution in [3.05, 3.63) is 58.1 Å². The van der Waals surface area contributed by atoms with Gasteiger partial charge in [0.25, 0.3) is 0 Å². The van der Waals surface area contributed by atoms with Crippen molar-refractivity contribution >= 4 is 35.3 Å². The maximum Gasteiger partial charge on any atom is 0.415 e. The first-order chi connectivity index (χ1) is 18.0. The molecule has 0 radical (unpaired) electrons. The number of amides is 1. The molecule has 1 unspecified atom stereocenters. The second-order valence-corrected chi connectivity index (χ2v) is 9.18. The van der Waals surface area contributed by atoms with Crippen molar-refractivity contribution in [2.45, 2.75) is 51.3 Å². The molecule has 12 heteroatoms. The Hall–Kier alpha value is -2.69. The van der Waals surface area contributed by atoms with Gasteiger partial charge in [-0.2, -0.15) is 13.2 Å². The lowest BCUT2D eigenvalue weighted by molar-refractivity contribution is -0.150. The predicted octanol–water partition coefficient (Wildman–Crippen LogP) is 7.03. The van der Waals surface area contributed by atoms with E-state index in [2.05, 4.69) is 0 Å². The standard InChI is InChI=1S/C26H30Cl2F3NO6/c1-2-36-23(24(33)34)16-18-6-9-20(10-7-18)37-15-14-32(13-5-3-4-12-26(29,30)31)25(35)38-22-11-8-19(27)17-21(22)28/h6-11,17,23H,2-5,12-16H2,1H3,(H,33,34). The van der Waals surface area contributed by atoms with Gasteiger partial charge in [-0.05, 0) is 55.7 Å². The molecule has 1 N–H and O–H groups in total. The fourth-order valence-electron chi connectivity index (χ4n) is 3.44. The Balaban J connectivity index is 1.94. The zero-order valence-electron chi connectivity index (χ0n) is 20.8. The number of halogens is 5. The maximum absolute atomic E-state index is 12.8. The van der Waals surface area contributed by atoms with Gasteiger partial charge in [-0.25, -0.2) is 9.59 Å². The molecule has 0 aliphatic heterocycles. The number of hydrogen-bond acceptors (Lipinski definition) is 5. The number of carbonyl (C=O) groups is 2. The summed E-state index contributed by atoms with van der Waals surface area (Å²) in [5.74, 6) is -0.444. The van der Waals surface area contributed by atoms with Crippen molar-refractivity contribution in [3.8, 4) is 11.5 Å². The van der Waals surface area contributed by atoms with Crippen molar-refractivity contribution in [1.82, 2.24) is 4.90 Å². The average molecular weight is 580 g/mol. The second-order valence-electron chi connectivity index (χ2n) is 8.33. The van der Waals surface area contributed by atoms with Crippen LogP contribution in [0.2, 0.25) is 10.0 Å². The van der Waals surface area contributed by atoms with E-state index in [0.29, 0.717) is 17.2 Å². The van der Waals surface area contributed by atoms with E-state index >= 15 is 0 Å². The molecule has 7 nitrogen and oxygen atoms in total. The zero-order valence-corrected chi connectivity index (χ0v) is 22.3. The lowest BCUT2D eigenvalue weighted by Gasteiger charge is -2.22. The van der Waals surface area contributed by atoms with Crippen LogP contribution in [0.3, 0.4) is 0 Å². The van der Waals surface area contributed by atoms with E-state index in [9.17, 15) is 27.9 Å². The van der Waals surface area contributed by atoms with Crippen LogP contribution in [0.25, 0.3) is 0 Å². The highest BCUT2D eigenvalue weighted by Crippen LogP contribution is 2.28. The van der Waals surface area contributed by atoms with Gasteiger partial charge in [0, 0.05) is 31.0 Å². The SMILES string of the molecule is CCOC(Cc1ccc(OCCN(CCCCCC(F)(F)F)C(=O)Oc2ccc(Cl)cc2Cl)cc1)C(=O)O. The Morgan fingerprint density at radius 1 is 1.03 bits per heavy atom. The first-order valence-electron chi connectivity index (χ1n) is 12.0. The largest absolute Gasteiger partial charge is 0.492 e. The van der Waals surface area contributed by atoms with Crippen LogP contribution in [0, 0.1) is 0 Å². The van der Waals surface area contributed by atoms with Crippen molar-refractivity contribution < 1.29 is 42.1 Å². The highest BCUT2D eigenvalue weighted by Gasteiger charge is 2.26. The van der Waals surface area contributed by atoms with Crippen LogP contribution in [0.15, 0.2) is 42.5 Å². The number of nitrogens with zero attached hydrogens (tertiary/aromatic N) is 1. The summed E-state index contributed by atoms with van der Waals surface area (Å²) in [6.45, 7) is 2.36. The minimum absolute atomic E-state index is 0.0374. The molecule has 2 aromatic carbocycles. The molecular weight excluding hydrogens is 550 g/mol. The number of aliphatic carboxylic acids is 1. The monoisotopic (exact) mass is 579 g/mol. The fourth-order valence-corrected chi connectivity index (χ4v) is 3.89. The number of rotatable bonds is 15. The third-order valence-corrected chi connectivity index (χ3v) is 5.89. The Labute approximate surface area is 229 Å². The van der Waals surface area contributed by atoms with Gasteiger partial charge in [0.05, 0.1) is 11.6 Å². The maximum atomic E-state index is 12.8. The second kappa shape index (κ2) is 15.7. The van der Waals surface area contributed by atoms with E-state index in [1.54, 1.807) is 31.2 Å².